The molecule has 0 atom stereocenters. The van der Waals surface area contributed by atoms with Gasteiger partial charge in [0.25, 0.3) is 0 Å². The molecule has 0 saturated heterocycles. The summed E-state index contributed by atoms with van der Waals surface area (Å²) in [5.41, 5.74) is 0.462. The van der Waals surface area contributed by atoms with Crippen LogP contribution in [-0.4, -0.2) is 55.0 Å². The van der Waals surface area contributed by atoms with Gasteiger partial charge in [-0.1, -0.05) is 12.1 Å². The molecule has 0 aliphatic heterocycles. The Bertz CT molecular complexity index is 428. The second-order valence-electron chi connectivity index (χ2n) is 5.17. The number of carbonyl (C=O) groups is 3. The van der Waals surface area contributed by atoms with Crippen LogP contribution in [0.4, 0.5) is 4.79 Å². The molecule has 1 N–H and O–H groups in total. The van der Waals surface area contributed by atoms with Crippen LogP contribution in [0.25, 0.3) is 0 Å². The van der Waals surface area contributed by atoms with E-state index in [1.807, 2.05) is 6.92 Å². The lowest BCUT2D eigenvalue weighted by atomic mass is 9.80. The molecule has 1 fully saturated rings. The third-order valence-electron chi connectivity index (χ3n) is 3.28. The van der Waals surface area contributed by atoms with Gasteiger partial charge in [0.05, 0.1) is 5.71 Å². The van der Waals surface area contributed by atoms with Crippen molar-refractivity contribution in [2.24, 2.45) is 11.1 Å². The van der Waals surface area contributed by atoms with Crippen LogP contribution in [-0.2, 0) is 14.4 Å². The quantitative estimate of drug-likeness (QED) is 0.465. The van der Waals surface area contributed by atoms with Crippen LogP contribution in [0.3, 0.4) is 0 Å². The van der Waals surface area contributed by atoms with Crippen LogP contribution in [0.2, 0.25) is 0 Å². The molecular weight excluding hydrogens is 274 g/mol. The number of nitrogens with zero attached hydrogens (tertiary/aromatic N) is 2. The van der Waals surface area contributed by atoms with E-state index in [1.54, 1.807) is 21.0 Å². The van der Waals surface area contributed by atoms with Crippen LogP contribution in [0.15, 0.2) is 5.16 Å². The number of hydrogen-bond donors (Lipinski definition) is 1. The zero-order valence-corrected chi connectivity index (χ0v) is 13.0. The minimum absolute atomic E-state index is 0.140. The lowest BCUT2D eigenvalue weighted by Crippen LogP contribution is -2.49. The predicted molar refractivity (Wildman–Crippen MR) is 78.1 cm³/mol. The molecule has 0 radical (unpaired) electrons. The van der Waals surface area contributed by atoms with Crippen LogP contribution >= 0.6 is 0 Å². The van der Waals surface area contributed by atoms with E-state index in [2.05, 4.69) is 10.5 Å². The lowest BCUT2D eigenvalue weighted by Gasteiger charge is -2.28. The molecule has 0 bridgehead atoms. The molecule has 7 nitrogen and oxygen atoms in total. The molecule has 0 spiro atoms. The summed E-state index contributed by atoms with van der Waals surface area (Å²) in [6.07, 6.45) is 0.763. The number of nitrogens with one attached hydrogen (secondary N) is 1. The van der Waals surface area contributed by atoms with Crippen LogP contribution in [0.5, 0.6) is 0 Å². The average Bonchev–Trinajstić information content (AvgIpc) is 2.41. The summed E-state index contributed by atoms with van der Waals surface area (Å²) in [4.78, 5) is 42.3. The van der Waals surface area contributed by atoms with E-state index in [9.17, 15) is 14.4 Å². The van der Waals surface area contributed by atoms with Crippen molar-refractivity contribution < 1.29 is 19.2 Å². The Morgan fingerprint density at radius 2 is 1.86 bits per heavy atom. The van der Waals surface area contributed by atoms with Gasteiger partial charge in [0.15, 0.2) is 11.6 Å². The van der Waals surface area contributed by atoms with E-state index < -0.39 is 12.0 Å². The molecule has 1 aliphatic rings. The number of ketones is 2. The fraction of sp³-hybridized carbons (Fsp3) is 0.714. The van der Waals surface area contributed by atoms with E-state index in [-0.39, 0.29) is 30.4 Å². The zero-order chi connectivity index (χ0) is 16.0. The molecule has 0 unspecified atom stereocenters. The molecule has 1 saturated carbocycles. The summed E-state index contributed by atoms with van der Waals surface area (Å²) in [6.45, 7) is 4.01. The van der Waals surface area contributed by atoms with E-state index in [4.69, 9.17) is 4.84 Å². The topological polar surface area (TPSA) is 88.1 Å². The second-order valence-corrected chi connectivity index (χ2v) is 5.17. The average molecular weight is 297 g/mol. The Morgan fingerprint density at radius 1 is 1.29 bits per heavy atom. The molecule has 1 aliphatic carbocycles. The van der Waals surface area contributed by atoms with Gasteiger partial charge in [-0.05, 0) is 13.3 Å². The monoisotopic (exact) mass is 297 g/mol. The molecule has 118 valence electrons. The predicted octanol–water partition coefficient (Wildman–Crippen LogP) is 0.977. The summed E-state index contributed by atoms with van der Waals surface area (Å²) in [5, 5.41) is 6.55. The number of urea groups is 1. The largest absolute Gasteiger partial charge is 0.396 e. The highest BCUT2D eigenvalue weighted by molar-refractivity contribution is 6.22. The van der Waals surface area contributed by atoms with Crippen molar-refractivity contribution in [1.82, 2.24) is 10.2 Å². The first-order valence-corrected chi connectivity index (χ1v) is 7.12. The molecule has 0 heterocycles. The Morgan fingerprint density at radius 3 is 2.29 bits per heavy atom. The van der Waals surface area contributed by atoms with Crippen molar-refractivity contribution in [2.75, 3.05) is 20.7 Å². The fourth-order valence-corrected chi connectivity index (χ4v) is 2.22. The Labute approximate surface area is 124 Å². The Kier molecular flexibility index (Phi) is 6.33. The second kappa shape index (κ2) is 7.75. The summed E-state index contributed by atoms with van der Waals surface area (Å²) < 4.78 is 0. The van der Waals surface area contributed by atoms with Crippen molar-refractivity contribution in [3.05, 3.63) is 0 Å². The van der Waals surface area contributed by atoms with Gasteiger partial charge in [0.2, 0.25) is 0 Å². The molecule has 0 aromatic heterocycles. The van der Waals surface area contributed by atoms with Gasteiger partial charge in [0.1, 0.15) is 12.5 Å². The van der Waals surface area contributed by atoms with Gasteiger partial charge in [-0.15, -0.1) is 0 Å². The van der Waals surface area contributed by atoms with E-state index in [0.717, 1.165) is 0 Å². The van der Waals surface area contributed by atoms with E-state index in [0.29, 0.717) is 18.7 Å². The van der Waals surface area contributed by atoms with Gasteiger partial charge in [0, 0.05) is 33.0 Å². The van der Waals surface area contributed by atoms with Gasteiger partial charge in [-0.3, -0.25) is 9.59 Å². The van der Waals surface area contributed by atoms with Gasteiger partial charge < -0.3 is 15.1 Å². The van der Waals surface area contributed by atoms with Crippen molar-refractivity contribution >= 4 is 23.3 Å². The molecule has 2 amide bonds. The summed E-state index contributed by atoms with van der Waals surface area (Å²) in [5.74, 6) is -1.25. The van der Waals surface area contributed by atoms with Crippen LogP contribution in [0, 0.1) is 5.92 Å². The Balaban J connectivity index is 2.76. The maximum atomic E-state index is 12.2. The summed E-state index contributed by atoms with van der Waals surface area (Å²) in [7, 11) is 3.21. The maximum Gasteiger partial charge on any atom is 0.317 e. The van der Waals surface area contributed by atoms with Gasteiger partial charge in [-0.2, -0.15) is 0 Å². The van der Waals surface area contributed by atoms with E-state index >= 15 is 0 Å². The number of rotatable bonds is 5. The third kappa shape index (κ3) is 4.54. The van der Waals surface area contributed by atoms with Crippen molar-refractivity contribution in [3.63, 3.8) is 0 Å². The lowest BCUT2D eigenvalue weighted by molar-refractivity contribution is -0.133. The highest BCUT2D eigenvalue weighted by Gasteiger charge is 2.39. The first kappa shape index (κ1) is 17.1. The number of hydrogen-bond acceptors (Lipinski definition) is 5. The Hall–Kier alpha value is -1.92. The molecule has 0 aromatic rings. The highest BCUT2D eigenvalue weighted by Crippen LogP contribution is 2.21. The molecule has 7 heteroatoms. The molecule has 21 heavy (non-hydrogen) atoms. The standard InChI is InChI=1S/C14H23N3O4/c1-5-10(16-21-6-2)13-11(18)7-9(8-12(13)19)15-14(20)17(3)4/h9,13H,5-8H2,1-4H3,(H,15,20). The summed E-state index contributed by atoms with van der Waals surface area (Å²) in [6, 6.07) is -0.751. The SMILES string of the molecule is CCON=C(CC)C1C(=O)CC(NC(=O)N(C)C)CC1=O. The minimum atomic E-state index is -0.825. The zero-order valence-electron chi connectivity index (χ0n) is 13.0. The van der Waals surface area contributed by atoms with Crippen molar-refractivity contribution in [1.29, 1.82) is 0 Å². The molecular formula is C14H23N3O4. The van der Waals surface area contributed by atoms with Gasteiger partial charge in [-0.25, -0.2) is 4.79 Å². The van der Waals surface area contributed by atoms with Crippen LogP contribution in [0.1, 0.15) is 33.1 Å². The smallest absolute Gasteiger partial charge is 0.317 e. The number of amides is 2. The van der Waals surface area contributed by atoms with E-state index in [1.165, 1.54) is 4.90 Å². The van der Waals surface area contributed by atoms with Crippen molar-refractivity contribution in [3.8, 4) is 0 Å². The first-order valence-electron chi connectivity index (χ1n) is 7.12. The van der Waals surface area contributed by atoms with Gasteiger partial charge >= 0.3 is 6.03 Å². The fourth-order valence-electron chi connectivity index (χ4n) is 2.22. The number of oxime groups is 1. The minimum Gasteiger partial charge on any atom is -0.396 e. The number of carbonyl (C=O) groups excluding carboxylic acids is 3. The van der Waals surface area contributed by atoms with Crippen molar-refractivity contribution in [2.45, 2.75) is 39.2 Å². The highest BCUT2D eigenvalue weighted by atomic mass is 16.6. The van der Waals surface area contributed by atoms with Crippen LogP contribution < -0.4 is 5.32 Å². The first-order chi connectivity index (χ1) is 9.90. The third-order valence-corrected chi connectivity index (χ3v) is 3.28. The maximum absolute atomic E-state index is 12.2. The number of Topliss-reactive ketones (excluding diaryl/α,β-unsaturated/α-hetero) is 2. The summed E-state index contributed by atoms with van der Waals surface area (Å²) >= 11 is 0. The molecule has 0 aromatic carbocycles. The molecule has 1 rings (SSSR count). The normalized spacial score (nSPS) is 23.0.